The lowest BCUT2D eigenvalue weighted by Crippen LogP contribution is -2.05. The summed E-state index contributed by atoms with van der Waals surface area (Å²) in [6.07, 6.45) is 0. The quantitative estimate of drug-likeness (QED) is 0.685. The second-order valence-corrected chi connectivity index (χ2v) is 2.52. The molecule has 0 aliphatic rings. The second-order valence-electron chi connectivity index (χ2n) is 2.52. The third kappa shape index (κ3) is 2.76. The molecular weight excluding hydrogens is 150 g/mol. The molecule has 2 heteroatoms. The van der Waals surface area contributed by atoms with Gasteiger partial charge >= 0.3 is 0 Å². The van der Waals surface area contributed by atoms with E-state index in [1.54, 1.807) is 0 Å². The molecule has 0 aliphatic carbocycles. The van der Waals surface area contributed by atoms with E-state index in [1.807, 2.05) is 30.3 Å². The number of benzene rings is 1. The third-order valence-electron chi connectivity index (χ3n) is 1.51. The van der Waals surface area contributed by atoms with E-state index in [9.17, 15) is 0 Å². The normalized spacial score (nSPS) is 9.42. The van der Waals surface area contributed by atoms with Gasteiger partial charge in [0.05, 0.1) is 6.54 Å². The van der Waals surface area contributed by atoms with Crippen LogP contribution in [-0.2, 0) is 11.3 Å². The fourth-order valence-corrected chi connectivity index (χ4v) is 0.819. The van der Waals surface area contributed by atoms with Crippen LogP contribution in [0.15, 0.2) is 42.7 Å². The van der Waals surface area contributed by atoms with E-state index in [0.717, 1.165) is 5.56 Å². The van der Waals surface area contributed by atoms with E-state index >= 15 is 0 Å². The summed E-state index contributed by atoms with van der Waals surface area (Å²) < 4.78 is 5.26. The average Bonchev–Trinajstić information content (AvgIpc) is 2.16. The molecule has 0 aromatic heterocycles. The van der Waals surface area contributed by atoms with Gasteiger partial charge < -0.3 is 10.5 Å². The topological polar surface area (TPSA) is 35.2 Å². The molecule has 0 fully saturated rings. The van der Waals surface area contributed by atoms with Crippen LogP contribution in [-0.4, -0.2) is 6.54 Å². The van der Waals surface area contributed by atoms with E-state index in [2.05, 4.69) is 6.58 Å². The predicted octanol–water partition coefficient (Wildman–Crippen LogP) is 1.68. The van der Waals surface area contributed by atoms with Crippen LogP contribution in [0, 0.1) is 0 Å². The molecule has 2 N–H and O–H groups in total. The summed E-state index contributed by atoms with van der Waals surface area (Å²) in [6.45, 7) is 4.58. The Morgan fingerprint density at radius 3 is 2.58 bits per heavy atom. The van der Waals surface area contributed by atoms with E-state index in [1.165, 1.54) is 0 Å². The highest BCUT2D eigenvalue weighted by molar-refractivity contribution is 5.13. The zero-order valence-corrected chi connectivity index (χ0v) is 6.99. The van der Waals surface area contributed by atoms with Crippen molar-refractivity contribution in [2.45, 2.75) is 6.61 Å². The molecule has 0 radical (unpaired) electrons. The Labute approximate surface area is 72.7 Å². The number of nitrogens with two attached hydrogens (primary N) is 1. The first kappa shape index (κ1) is 8.81. The minimum Gasteiger partial charge on any atom is -0.493 e. The van der Waals surface area contributed by atoms with Crippen LogP contribution in [0.4, 0.5) is 0 Å². The molecule has 0 heterocycles. The molecule has 0 aliphatic heterocycles. The maximum Gasteiger partial charge on any atom is 0.113 e. The van der Waals surface area contributed by atoms with Gasteiger partial charge in [-0.05, 0) is 5.56 Å². The Bertz CT molecular complexity index is 243. The summed E-state index contributed by atoms with van der Waals surface area (Å²) in [6, 6.07) is 9.93. The highest BCUT2D eigenvalue weighted by Crippen LogP contribution is 2.02. The van der Waals surface area contributed by atoms with Crippen molar-refractivity contribution in [3.63, 3.8) is 0 Å². The van der Waals surface area contributed by atoms with E-state index < -0.39 is 0 Å². The first-order valence-electron chi connectivity index (χ1n) is 3.87. The Kier molecular flexibility index (Phi) is 3.35. The molecular formula is C10H13NO. The Morgan fingerprint density at radius 2 is 2.00 bits per heavy atom. The zero-order valence-electron chi connectivity index (χ0n) is 6.99. The molecule has 1 rings (SSSR count). The van der Waals surface area contributed by atoms with Crippen molar-refractivity contribution in [2.75, 3.05) is 6.54 Å². The average molecular weight is 163 g/mol. The lowest BCUT2D eigenvalue weighted by molar-refractivity contribution is 0.198. The number of rotatable bonds is 4. The summed E-state index contributed by atoms with van der Waals surface area (Å²) >= 11 is 0. The monoisotopic (exact) mass is 163 g/mol. The number of hydrogen-bond acceptors (Lipinski definition) is 2. The van der Waals surface area contributed by atoms with Crippen molar-refractivity contribution >= 4 is 0 Å². The van der Waals surface area contributed by atoms with Gasteiger partial charge in [0.1, 0.15) is 12.4 Å². The van der Waals surface area contributed by atoms with Crippen molar-refractivity contribution in [1.82, 2.24) is 0 Å². The number of ether oxygens (including phenoxy) is 1. The van der Waals surface area contributed by atoms with Gasteiger partial charge in [-0.2, -0.15) is 0 Å². The molecule has 2 nitrogen and oxygen atoms in total. The highest BCUT2D eigenvalue weighted by Gasteiger charge is 1.92. The summed E-state index contributed by atoms with van der Waals surface area (Å²) in [5, 5.41) is 0. The van der Waals surface area contributed by atoms with E-state index in [0.29, 0.717) is 18.9 Å². The summed E-state index contributed by atoms with van der Waals surface area (Å²) in [5.74, 6) is 0.624. The smallest absolute Gasteiger partial charge is 0.113 e. The molecule has 12 heavy (non-hydrogen) atoms. The fourth-order valence-electron chi connectivity index (χ4n) is 0.819. The molecule has 0 saturated carbocycles. The Balaban J connectivity index is 2.38. The van der Waals surface area contributed by atoms with E-state index in [-0.39, 0.29) is 0 Å². The van der Waals surface area contributed by atoms with Crippen LogP contribution in [0.5, 0.6) is 0 Å². The molecule has 0 amide bonds. The Morgan fingerprint density at radius 1 is 1.33 bits per heavy atom. The molecule has 0 bridgehead atoms. The van der Waals surface area contributed by atoms with Crippen molar-refractivity contribution < 1.29 is 4.74 Å². The van der Waals surface area contributed by atoms with Crippen LogP contribution in [0.25, 0.3) is 0 Å². The van der Waals surface area contributed by atoms with Gasteiger partial charge in [-0.3, -0.25) is 0 Å². The van der Waals surface area contributed by atoms with Crippen molar-refractivity contribution in [1.29, 1.82) is 0 Å². The highest BCUT2D eigenvalue weighted by atomic mass is 16.5. The van der Waals surface area contributed by atoms with Gasteiger partial charge in [0.25, 0.3) is 0 Å². The molecule has 0 saturated heterocycles. The molecule has 0 spiro atoms. The van der Waals surface area contributed by atoms with Gasteiger partial charge in [-0.25, -0.2) is 0 Å². The van der Waals surface area contributed by atoms with Gasteiger partial charge in [0.2, 0.25) is 0 Å². The molecule has 1 aromatic carbocycles. The SMILES string of the molecule is C=C(CN)OCc1ccccc1. The minimum atomic E-state index is 0.382. The van der Waals surface area contributed by atoms with Crippen LogP contribution < -0.4 is 5.73 Å². The molecule has 64 valence electrons. The first-order chi connectivity index (χ1) is 5.83. The van der Waals surface area contributed by atoms with Crippen LogP contribution >= 0.6 is 0 Å². The minimum absolute atomic E-state index is 0.382. The zero-order chi connectivity index (χ0) is 8.81. The van der Waals surface area contributed by atoms with Crippen LogP contribution in [0.2, 0.25) is 0 Å². The van der Waals surface area contributed by atoms with Gasteiger partial charge in [0, 0.05) is 0 Å². The largest absolute Gasteiger partial charge is 0.493 e. The maximum atomic E-state index is 5.31. The first-order valence-corrected chi connectivity index (χ1v) is 3.87. The standard InChI is InChI=1S/C10H13NO/c1-9(7-11)12-8-10-5-3-2-4-6-10/h2-6H,1,7-8,11H2. The lowest BCUT2D eigenvalue weighted by Gasteiger charge is -2.06. The lowest BCUT2D eigenvalue weighted by atomic mass is 10.2. The Hall–Kier alpha value is -1.28. The van der Waals surface area contributed by atoms with Crippen molar-refractivity contribution in [3.8, 4) is 0 Å². The van der Waals surface area contributed by atoms with Crippen LogP contribution in [0.3, 0.4) is 0 Å². The second kappa shape index (κ2) is 4.57. The molecule has 0 unspecified atom stereocenters. The maximum absolute atomic E-state index is 5.31. The predicted molar refractivity (Wildman–Crippen MR) is 49.4 cm³/mol. The summed E-state index contributed by atoms with van der Waals surface area (Å²) in [5.41, 5.74) is 6.44. The van der Waals surface area contributed by atoms with Crippen LogP contribution in [0.1, 0.15) is 5.56 Å². The molecule has 1 aromatic rings. The fraction of sp³-hybridized carbons (Fsp3) is 0.200. The van der Waals surface area contributed by atoms with Gasteiger partial charge in [0.15, 0.2) is 0 Å². The molecule has 0 atom stereocenters. The van der Waals surface area contributed by atoms with Crippen molar-refractivity contribution in [2.24, 2.45) is 5.73 Å². The van der Waals surface area contributed by atoms with Gasteiger partial charge in [-0.1, -0.05) is 36.9 Å². The third-order valence-corrected chi connectivity index (χ3v) is 1.51. The van der Waals surface area contributed by atoms with Gasteiger partial charge in [-0.15, -0.1) is 0 Å². The summed E-state index contributed by atoms with van der Waals surface area (Å²) in [4.78, 5) is 0. The number of hydrogen-bond donors (Lipinski definition) is 1. The van der Waals surface area contributed by atoms with E-state index in [4.69, 9.17) is 10.5 Å². The van der Waals surface area contributed by atoms with Crippen molar-refractivity contribution in [3.05, 3.63) is 48.2 Å². The summed E-state index contributed by atoms with van der Waals surface area (Å²) in [7, 11) is 0.